The number of carbonyl (C=O) groups is 1. The number of rotatable bonds is 3. The number of halogens is 3. The van der Waals surface area contributed by atoms with Gasteiger partial charge in [-0.15, -0.1) is 0 Å². The molecule has 1 N–H and O–H groups in total. The van der Waals surface area contributed by atoms with Crippen LogP contribution in [0.4, 0.5) is 13.2 Å². The van der Waals surface area contributed by atoms with Crippen molar-refractivity contribution in [3.8, 4) is 16.8 Å². The number of carboxylic acids is 1. The van der Waals surface area contributed by atoms with E-state index in [0.717, 1.165) is 23.3 Å². The Morgan fingerprint density at radius 1 is 0.882 bits per heavy atom. The fourth-order valence-corrected chi connectivity index (χ4v) is 3.97. The fourth-order valence-electron chi connectivity index (χ4n) is 3.97. The van der Waals surface area contributed by atoms with Crippen LogP contribution in [-0.2, 0) is 6.18 Å². The summed E-state index contributed by atoms with van der Waals surface area (Å²) in [4.78, 5) is 28.5. The van der Waals surface area contributed by atoms with Gasteiger partial charge in [-0.3, -0.25) is 14.3 Å². The molecule has 0 radical (unpaired) electrons. The summed E-state index contributed by atoms with van der Waals surface area (Å²) in [5.74, 6) is -1.04. The minimum absolute atomic E-state index is 0.0918. The molecule has 0 unspecified atom stereocenters. The van der Waals surface area contributed by atoms with E-state index in [0.29, 0.717) is 21.8 Å². The van der Waals surface area contributed by atoms with Crippen LogP contribution in [0.1, 0.15) is 15.9 Å². The van der Waals surface area contributed by atoms with Gasteiger partial charge < -0.3 is 5.11 Å². The molecule has 2 heterocycles. The molecule has 0 saturated heterocycles. The molecule has 5 aromatic rings. The Hall–Kier alpha value is -4.46. The fraction of sp³-hybridized carbons (Fsp3) is 0.0385. The maximum atomic E-state index is 13.3. The molecule has 3 aromatic carbocycles. The van der Waals surface area contributed by atoms with E-state index in [1.165, 1.54) is 34.9 Å². The van der Waals surface area contributed by atoms with Gasteiger partial charge in [-0.05, 0) is 59.7 Å². The highest BCUT2D eigenvalue weighted by Gasteiger charge is 2.30. The first kappa shape index (κ1) is 21.4. The van der Waals surface area contributed by atoms with Crippen LogP contribution in [0.3, 0.4) is 0 Å². The minimum Gasteiger partial charge on any atom is -0.478 e. The zero-order valence-corrected chi connectivity index (χ0v) is 17.4. The van der Waals surface area contributed by atoms with E-state index in [4.69, 9.17) is 5.11 Å². The van der Waals surface area contributed by atoms with Gasteiger partial charge in [0.1, 0.15) is 0 Å². The molecule has 5 nitrogen and oxygen atoms in total. The zero-order valence-electron chi connectivity index (χ0n) is 17.4. The molecule has 0 amide bonds. The Kier molecular flexibility index (Phi) is 4.93. The summed E-state index contributed by atoms with van der Waals surface area (Å²) in [6.45, 7) is 0. The largest absolute Gasteiger partial charge is 0.478 e. The summed E-state index contributed by atoms with van der Waals surface area (Å²) in [7, 11) is 0. The van der Waals surface area contributed by atoms with Gasteiger partial charge >= 0.3 is 12.1 Å². The lowest BCUT2D eigenvalue weighted by molar-refractivity contribution is -0.137. The Morgan fingerprint density at radius 3 is 2.32 bits per heavy atom. The van der Waals surface area contributed by atoms with Crippen molar-refractivity contribution in [2.45, 2.75) is 6.18 Å². The predicted molar refractivity (Wildman–Crippen MR) is 122 cm³/mol. The van der Waals surface area contributed by atoms with E-state index in [9.17, 15) is 22.8 Å². The van der Waals surface area contributed by atoms with E-state index in [1.54, 1.807) is 36.5 Å². The number of fused-ring (bicyclic) bond motifs is 3. The molecule has 34 heavy (non-hydrogen) atoms. The van der Waals surface area contributed by atoms with E-state index in [1.807, 2.05) is 6.07 Å². The molecule has 0 saturated carbocycles. The quantitative estimate of drug-likeness (QED) is 0.339. The molecule has 5 rings (SSSR count). The Labute approximate surface area is 190 Å². The molecule has 0 fully saturated rings. The van der Waals surface area contributed by atoms with Crippen molar-refractivity contribution in [2.75, 3.05) is 0 Å². The number of carboxylic acid groups (broad SMARTS) is 1. The van der Waals surface area contributed by atoms with Crippen molar-refractivity contribution in [3.05, 3.63) is 107 Å². The van der Waals surface area contributed by atoms with E-state index in [2.05, 4.69) is 4.98 Å². The number of aromatic nitrogens is 2. The maximum absolute atomic E-state index is 13.3. The number of benzene rings is 3. The molecule has 0 aliphatic carbocycles. The van der Waals surface area contributed by atoms with Gasteiger partial charge in [0.05, 0.1) is 22.2 Å². The third kappa shape index (κ3) is 3.69. The van der Waals surface area contributed by atoms with Crippen LogP contribution in [0.2, 0.25) is 0 Å². The lowest BCUT2D eigenvalue weighted by atomic mass is 10.0. The normalized spacial score (nSPS) is 11.7. The van der Waals surface area contributed by atoms with Gasteiger partial charge in [0, 0.05) is 28.7 Å². The van der Waals surface area contributed by atoms with Crippen LogP contribution in [0, 0.1) is 0 Å². The highest BCUT2D eigenvalue weighted by atomic mass is 19.4. The Bertz CT molecular complexity index is 1640. The molecule has 0 aliphatic heterocycles. The lowest BCUT2D eigenvalue weighted by Gasteiger charge is -2.15. The number of nitrogens with zero attached hydrogens (tertiary/aromatic N) is 2. The molecule has 8 heteroatoms. The molecule has 0 atom stereocenters. The van der Waals surface area contributed by atoms with Crippen LogP contribution < -0.4 is 5.56 Å². The molecule has 0 spiro atoms. The average molecular weight is 460 g/mol. The number of aromatic carboxylic acids is 1. The SMILES string of the molecule is O=C(O)c1ccc(-c2ccc3ncc4ccc(=O)n(-c5cccc(C(F)(F)F)c5)c4c3c2)cc1. The molecular formula is C26H15F3N2O3. The number of pyridine rings is 2. The second-order valence-corrected chi connectivity index (χ2v) is 7.73. The summed E-state index contributed by atoms with van der Waals surface area (Å²) in [6.07, 6.45) is -2.98. The van der Waals surface area contributed by atoms with Gasteiger partial charge in [0.2, 0.25) is 0 Å². The highest BCUT2D eigenvalue weighted by Crippen LogP contribution is 2.32. The smallest absolute Gasteiger partial charge is 0.416 e. The summed E-state index contributed by atoms with van der Waals surface area (Å²) >= 11 is 0. The summed E-state index contributed by atoms with van der Waals surface area (Å²) < 4.78 is 41.3. The zero-order chi connectivity index (χ0) is 24.0. The van der Waals surface area contributed by atoms with Crippen LogP contribution in [0.5, 0.6) is 0 Å². The number of hydrogen-bond acceptors (Lipinski definition) is 3. The van der Waals surface area contributed by atoms with E-state index >= 15 is 0 Å². The highest BCUT2D eigenvalue weighted by molar-refractivity contribution is 6.05. The van der Waals surface area contributed by atoms with Gasteiger partial charge in [-0.2, -0.15) is 13.2 Å². The molecule has 168 valence electrons. The van der Waals surface area contributed by atoms with Crippen LogP contribution in [-0.4, -0.2) is 20.6 Å². The van der Waals surface area contributed by atoms with Crippen molar-refractivity contribution >= 4 is 27.8 Å². The van der Waals surface area contributed by atoms with Gasteiger partial charge in [0.15, 0.2) is 0 Å². The van der Waals surface area contributed by atoms with Gasteiger partial charge in [0.25, 0.3) is 5.56 Å². The Balaban J connectivity index is 1.79. The Morgan fingerprint density at radius 2 is 1.62 bits per heavy atom. The van der Waals surface area contributed by atoms with E-state index < -0.39 is 23.3 Å². The average Bonchev–Trinajstić information content (AvgIpc) is 2.83. The first-order chi connectivity index (χ1) is 16.2. The second-order valence-electron chi connectivity index (χ2n) is 7.73. The lowest BCUT2D eigenvalue weighted by Crippen LogP contribution is -2.18. The molecular weight excluding hydrogens is 445 g/mol. The van der Waals surface area contributed by atoms with Crippen LogP contribution in [0.25, 0.3) is 38.6 Å². The monoisotopic (exact) mass is 460 g/mol. The molecule has 0 bridgehead atoms. The maximum Gasteiger partial charge on any atom is 0.416 e. The van der Waals surface area contributed by atoms with Gasteiger partial charge in [-0.1, -0.05) is 24.3 Å². The third-order valence-electron chi connectivity index (χ3n) is 5.61. The van der Waals surface area contributed by atoms with Crippen molar-refractivity contribution in [1.29, 1.82) is 0 Å². The summed E-state index contributed by atoms with van der Waals surface area (Å²) in [5.41, 5.74) is 1.38. The van der Waals surface area contributed by atoms with Crippen LogP contribution >= 0.6 is 0 Å². The third-order valence-corrected chi connectivity index (χ3v) is 5.61. The van der Waals surface area contributed by atoms with Crippen molar-refractivity contribution in [1.82, 2.24) is 9.55 Å². The number of alkyl halides is 3. The summed E-state index contributed by atoms with van der Waals surface area (Å²) in [5, 5.41) is 10.3. The first-order valence-electron chi connectivity index (χ1n) is 10.2. The van der Waals surface area contributed by atoms with Crippen molar-refractivity contribution in [2.24, 2.45) is 0 Å². The molecule has 2 aromatic heterocycles. The van der Waals surface area contributed by atoms with Crippen molar-refractivity contribution < 1.29 is 23.1 Å². The standard InChI is InChI=1S/C26H15F3N2O3/c27-26(28,29)19-2-1-3-20(13-19)31-23(32)11-9-18-14-30-22-10-8-17(12-21(22)24(18)31)15-4-6-16(7-5-15)25(33)34/h1-14H,(H,33,34). The van der Waals surface area contributed by atoms with E-state index in [-0.39, 0.29) is 11.3 Å². The number of hydrogen-bond donors (Lipinski definition) is 1. The minimum atomic E-state index is -4.55. The van der Waals surface area contributed by atoms with Gasteiger partial charge in [-0.25, -0.2) is 4.79 Å². The first-order valence-corrected chi connectivity index (χ1v) is 10.2. The second kappa shape index (κ2) is 7.84. The van der Waals surface area contributed by atoms with Crippen LogP contribution in [0.15, 0.2) is 89.9 Å². The van der Waals surface area contributed by atoms with Crippen molar-refractivity contribution in [3.63, 3.8) is 0 Å². The molecule has 0 aliphatic rings. The topological polar surface area (TPSA) is 72.2 Å². The summed E-state index contributed by atoms with van der Waals surface area (Å²) in [6, 6.07) is 19.2. The predicted octanol–water partition coefficient (Wildman–Crippen LogP) is 5.92.